The molecule has 16 heavy (non-hydrogen) atoms. The van der Waals surface area contributed by atoms with E-state index < -0.39 is 11.9 Å². The summed E-state index contributed by atoms with van der Waals surface area (Å²) in [6, 6.07) is 5.35. The number of hydrogen-bond acceptors (Lipinski definition) is 4. The minimum Gasteiger partial charge on any atom is -0.530 e. The first-order chi connectivity index (χ1) is 7.48. The van der Waals surface area contributed by atoms with Gasteiger partial charge < -0.3 is 24.7 Å². The number of para-hydroxylation sites is 1. The van der Waals surface area contributed by atoms with Gasteiger partial charge in [0.15, 0.2) is 11.5 Å². The van der Waals surface area contributed by atoms with E-state index in [1.165, 1.54) is 0 Å². The van der Waals surface area contributed by atoms with E-state index in [1.54, 1.807) is 32.0 Å². The predicted molar refractivity (Wildman–Crippen MR) is 54.0 cm³/mol. The molecule has 0 saturated carbocycles. The number of hydrogen-bond donors (Lipinski definition) is 1. The average molecular weight is 222 g/mol. The lowest BCUT2D eigenvalue weighted by Crippen LogP contribution is -2.36. The van der Waals surface area contributed by atoms with E-state index in [4.69, 9.17) is 9.47 Å². The molecule has 0 fully saturated rings. The van der Waals surface area contributed by atoms with E-state index in [0.717, 1.165) is 5.56 Å². The molecule has 0 unspecified atom stereocenters. The molecule has 0 bridgehead atoms. The van der Waals surface area contributed by atoms with Crippen molar-refractivity contribution in [3.63, 3.8) is 0 Å². The number of amides is 1. The van der Waals surface area contributed by atoms with Gasteiger partial charge in [0, 0.05) is 26.0 Å². The van der Waals surface area contributed by atoms with E-state index in [9.17, 15) is 9.90 Å². The largest absolute Gasteiger partial charge is 0.530 e. The summed E-state index contributed by atoms with van der Waals surface area (Å²) in [6.07, 6.45) is -1.31. The van der Waals surface area contributed by atoms with Crippen LogP contribution in [0.1, 0.15) is 19.4 Å². The molecule has 1 heterocycles. The number of carbonyl (C=O) groups is 1. The maximum atomic E-state index is 10.3. The van der Waals surface area contributed by atoms with Gasteiger partial charge >= 0.3 is 0 Å². The van der Waals surface area contributed by atoms with Gasteiger partial charge in [-0.05, 0) is 6.07 Å². The Hall–Kier alpha value is -1.91. The van der Waals surface area contributed by atoms with Crippen molar-refractivity contribution in [2.24, 2.45) is 0 Å². The Labute approximate surface area is 93.0 Å². The number of nitrogens with one attached hydrogen (secondary N) is 1. The second-order valence-corrected chi connectivity index (χ2v) is 3.99. The van der Waals surface area contributed by atoms with Gasteiger partial charge in [0.25, 0.3) is 0 Å². The molecule has 1 aromatic rings. The molecular formula is C11H12NO4-. The van der Waals surface area contributed by atoms with Crippen molar-refractivity contribution in [3.8, 4) is 11.5 Å². The molecule has 0 aliphatic carbocycles. The van der Waals surface area contributed by atoms with Crippen LogP contribution in [0.3, 0.4) is 0 Å². The zero-order chi connectivity index (χ0) is 11.8. The van der Waals surface area contributed by atoms with Gasteiger partial charge in [0.2, 0.25) is 5.79 Å². The van der Waals surface area contributed by atoms with Crippen LogP contribution in [0.25, 0.3) is 0 Å². The summed E-state index contributed by atoms with van der Waals surface area (Å²) in [4.78, 5) is 10.3. The lowest BCUT2D eigenvalue weighted by molar-refractivity contribution is -0.251. The van der Waals surface area contributed by atoms with Crippen LogP contribution in [-0.2, 0) is 6.54 Å². The van der Waals surface area contributed by atoms with E-state index >= 15 is 0 Å². The molecule has 5 nitrogen and oxygen atoms in total. The zero-order valence-electron chi connectivity index (χ0n) is 9.07. The van der Waals surface area contributed by atoms with Gasteiger partial charge in [-0.25, -0.2) is 0 Å². The van der Waals surface area contributed by atoms with Crippen molar-refractivity contribution in [1.82, 2.24) is 5.32 Å². The molecule has 1 aliphatic rings. The monoisotopic (exact) mass is 222 g/mol. The number of ether oxygens (including phenoxy) is 2. The third-order valence-electron chi connectivity index (χ3n) is 2.19. The van der Waals surface area contributed by atoms with Crippen molar-refractivity contribution >= 4 is 6.09 Å². The standard InChI is InChI=1S/C11H13NO4/c1-11(2)15-8-5-3-4-7(9(8)16-11)6-12-10(13)14/h3-5,12H,6H2,1-2H3,(H,13,14)/p-1. The van der Waals surface area contributed by atoms with Crippen molar-refractivity contribution in [2.45, 2.75) is 26.2 Å². The van der Waals surface area contributed by atoms with Gasteiger partial charge in [0.1, 0.15) is 6.09 Å². The SMILES string of the molecule is CC1(C)Oc2cccc(CNC(=O)[O-])c2O1. The zero-order valence-corrected chi connectivity index (χ0v) is 9.07. The minimum atomic E-state index is -1.31. The Bertz CT molecular complexity index is 428. The molecule has 0 aromatic heterocycles. The molecule has 1 amide bonds. The van der Waals surface area contributed by atoms with Crippen molar-refractivity contribution in [3.05, 3.63) is 23.8 Å². The van der Waals surface area contributed by atoms with Gasteiger partial charge in [0.05, 0.1) is 0 Å². The highest BCUT2D eigenvalue weighted by atomic mass is 16.7. The summed E-state index contributed by atoms with van der Waals surface area (Å²) in [6.45, 7) is 3.73. The molecule has 0 atom stereocenters. The quantitative estimate of drug-likeness (QED) is 0.796. The van der Waals surface area contributed by atoms with Gasteiger partial charge in [-0.1, -0.05) is 12.1 Å². The number of rotatable bonds is 2. The highest BCUT2D eigenvalue weighted by Gasteiger charge is 2.32. The van der Waals surface area contributed by atoms with E-state index in [1.807, 2.05) is 0 Å². The van der Waals surface area contributed by atoms with E-state index in [0.29, 0.717) is 11.5 Å². The fraction of sp³-hybridized carbons (Fsp3) is 0.364. The molecule has 1 aliphatic heterocycles. The highest BCUT2D eigenvalue weighted by molar-refractivity contribution is 5.62. The second kappa shape index (κ2) is 3.59. The smallest absolute Gasteiger partial charge is 0.246 e. The third-order valence-corrected chi connectivity index (χ3v) is 2.19. The van der Waals surface area contributed by atoms with Crippen LogP contribution in [0.5, 0.6) is 11.5 Å². The van der Waals surface area contributed by atoms with Gasteiger partial charge in [-0.15, -0.1) is 0 Å². The Balaban J connectivity index is 2.23. The fourth-order valence-electron chi connectivity index (χ4n) is 1.60. The normalized spacial score (nSPS) is 15.9. The summed E-state index contributed by atoms with van der Waals surface area (Å²) in [7, 11) is 0. The molecule has 0 spiro atoms. The topological polar surface area (TPSA) is 70.6 Å². The first-order valence-corrected chi connectivity index (χ1v) is 4.93. The van der Waals surface area contributed by atoms with E-state index in [-0.39, 0.29) is 6.54 Å². The van der Waals surface area contributed by atoms with Crippen molar-refractivity contribution in [1.29, 1.82) is 0 Å². The Morgan fingerprint density at radius 2 is 2.19 bits per heavy atom. The summed E-state index contributed by atoms with van der Waals surface area (Å²) >= 11 is 0. The predicted octanol–water partition coefficient (Wildman–Crippen LogP) is 0.627. The van der Waals surface area contributed by atoms with Crippen LogP contribution in [0, 0.1) is 0 Å². The van der Waals surface area contributed by atoms with E-state index in [2.05, 4.69) is 5.32 Å². The maximum Gasteiger partial charge on any atom is 0.246 e. The lowest BCUT2D eigenvalue weighted by Gasteiger charge is -2.16. The highest BCUT2D eigenvalue weighted by Crippen LogP contribution is 2.41. The first-order valence-electron chi connectivity index (χ1n) is 4.93. The molecule has 2 rings (SSSR count). The third kappa shape index (κ3) is 2.03. The van der Waals surface area contributed by atoms with Crippen LogP contribution >= 0.6 is 0 Å². The van der Waals surface area contributed by atoms with Crippen LogP contribution in [-0.4, -0.2) is 11.9 Å². The second-order valence-electron chi connectivity index (χ2n) is 3.99. The molecule has 86 valence electrons. The fourth-order valence-corrected chi connectivity index (χ4v) is 1.60. The Morgan fingerprint density at radius 3 is 2.88 bits per heavy atom. The summed E-state index contributed by atoms with van der Waals surface area (Å²) in [5.41, 5.74) is 0.729. The molecule has 1 N–H and O–H groups in total. The number of benzene rings is 1. The van der Waals surface area contributed by atoms with Crippen LogP contribution in [0.2, 0.25) is 0 Å². The number of carboxylic acid groups (broad SMARTS) is 1. The molecule has 0 saturated heterocycles. The summed E-state index contributed by atoms with van der Waals surface area (Å²) in [5.74, 6) is 0.504. The van der Waals surface area contributed by atoms with Crippen LogP contribution in [0.15, 0.2) is 18.2 Å². The van der Waals surface area contributed by atoms with Crippen molar-refractivity contribution in [2.75, 3.05) is 0 Å². The molecule has 5 heteroatoms. The summed E-state index contributed by atoms with van der Waals surface area (Å²) in [5, 5.41) is 12.5. The maximum absolute atomic E-state index is 10.3. The van der Waals surface area contributed by atoms with Crippen molar-refractivity contribution < 1.29 is 19.4 Å². The van der Waals surface area contributed by atoms with Crippen LogP contribution < -0.4 is 19.9 Å². The number of fused-ring (bicyclic) bond motifs is 1. The summed E-state index contributed by atoms with van der Waals surface area (Å²) < 4.78 is 11.1. The molecular weight excluding hydrogens is 210 g/mol. The van der Waals surface area contributed by atoms with Crippen LogP contribution in [0.4, 0.5) is 4.79 Å². The molecule has 0 radical (unpaired) electrons. The Kier molecular flexibility index (Phi) is 2.38. The lowest BCUT2D eigenvalue weighted by atomic mass is 10.2. The molecule has 1 aromatic carbocycles. The first kappa shape index (κ1) is 10.6. The minimum absolute atomic E-state index is 0.144. The number of carbonyl (C=O) groups excluding carboxylic acids is 1. The van der Waals surface area contributed by atoms with Gasteiger partial charge in [-0.2, -0.15) is 0 Å². The average Bonchev–Trinajstić information content (AvgIpc) is 2.48. The van der Waals surface area contributed by atoms with Gasteiger partial charge in [-0.3, -0.25) is 0 Å². The Morgan fingerprint density at radius 1 is 1.44 bits per heavy atom.